The quantitative estimate of drug-likeness (QED) is 0.747. The van der Waals surface area contributed by atoms with Gasteiger partial charge in [-0.1, -0.05) is 57.0 Å². The van der Waals surface area contributed by atoms with Crippen LogP contribution in [0.5, 0.6) is 0 Å². The van der Waals surface area contributed by atoms with E-state index in [1.165, 1.54) is 6.07 Å². The van der Waals surface area contributed by atoms with Crippen LogP contribution in [-0.4, -0.2) is 5.11 Å². The summed E-state index contributed by atoms with van der Waals surface area (Å²) < 4.78 is 15.6. The molecule has 2 aromatic carbocycles. The van der Waals surface area contributed by atoms with Crippen molar-refractivity contribution in [2.24, 2.45) is 0 Å². The average molecular weight is 402 g/mol. The van der Waals surface area contributed by atoms with Crippen LogP contribution in [0.25, 0.3) is 0 Å². The second-order valence-corrected chi connectivity index (χ2v) is 6.64. The van der Waals surface area contributed by atoms with Gasteiger partial charge in [-0.25, -0.2) is 4.39 Å². The van der Waals surface area contributed by atoms with Crippen molar-refractivity contribution in [1.29, 1.82) is 0 Å². The van der Waals surface area contributed by atoms with Gasteiger partial charge in [-0.15, -0.1) is 0 Å². The molecule has 0 aliphatic carbocycles. The summed E-state index contributed by atoms with van der Waals surface area (Å²) >= 11 is 6.64. The maximum atomic E-state index is 14.0. The second-order valence-electron chi connectivity index (χ2n) is 4.81. The molecule has 0 saturated heterocycles. The second kappa shape index (κ2) is 6.37. The Hall–Kier alpha value is -0.710. The van der Waals surface area contributed by atoms with Gasteiger partial charge in [-0.05, 0) is 41.8 Å². The molecule has 0 radical (unpaired) electrons. The SMILES string of the molecule is CCC(O)(Cc1ccc(Br)cc1F)c1cccc(Br)c1. The highest BCUT2D eigenvalue weighted by Gasteiger charge is 2.28. The lowest BCUT2D eigenvalue weighted by Crippen LogP contribution is -2.28. The molecule has 1 atom stereocenters. The zero-order chi connectivity index (χ0) is 14.8. The Labute approximate surface area is 135 Å². The van der Waals surface area contributed by atoms with Crippen LogP contribution in [0.4, 0.5) is 4.39 Å². The first-order valence-corrected chi connectivity index (χ1v) is 7.95. The molecular weight excluding hydrogens is 387 g/mol. The van der Waals surface area contributed by atoms with Gasteiger partial charge in [0, 0.05) is 15.4 Å². The molecule has 0 bridgehead atoms. The molecule has 0 aliphatic rings. The lowest BCUT2D eigenvalue weighted by atomic mass is 9.85. The maximum Gasteiger partial charge on any atom is 0.127 e. The van der Waals surface area contributed by atoms with Crippen LogP contribution in [0.2, 0.25) is 0 Å². The molecule has 1 nitrogen and oxygen atoms in total. The number of halogens is 3. The number of aliphatic hydroxyl groups is 1. The Morgan fingerprint density at radius 2 is 1.80 bits per heavy atom. The molecule has 0 aliphatic heterocycles. The predicted molar refractivity (Wildman–Crippen MR) is 86.1 cm³/mol. The van der Waals surface area contributed by atoms with Crippen molar-refractivity contribution in [3.63, 3.8) is 0 Å². The first kappa shape index (κ1) is 15.7. The summed E-state index contributed by atoms with van der Waals surface area (Å²) in [5, 5.41) is 10.9. The Balaban J connectivity index is 2.36. The summed E-state index contributed by atoms with van der Waals surface area (Å²) in [6.07, 6.45) is 0.762. The van der Waals surface area contributed by atoms with Crippen molar-refractivity contribution in [3.8, 4) is 0 Å². The number of hydrogen-bond donors (Lipinski definition) is 1. The lowest BCUT2D eigenvalue weighted by Gasteiger charge is -2.28. The van der Waals surface area contributed by atoms with Crippen LogP contribution in [0.1, 0.15) is 24.5 Å². The first-order valence-electron chi connectivity index (χ1n) is 6.37. The van der Waals surface area contributed by atoms with E-state index in [0.29, 0.717) is 16.5 Å². The fraction of sp³-hybridized carbons (Fsp3) is 0.250. The van der Waals surface area contributed by atoms with Gasteiger partial charge in [-0.3, -0.25) is 0 Å². The predicted octanol–water partition coefficient (Wildman–Crippen LogP) is 5.19. The van der Waals surface area contributed by atoms with Crippen molar-refractivity contribution < 1.29 is 9.50 Å². The Bertz CT molecular complexity index is 615. The van der Waals surface area contributed by atoms with E-state index in [2.05, 4.69) is 31.9 Å². The summed E-state index contributed by atoms with van der Waals surface area (Å²) in [5.41, 5.74) is 0.229. The summed E-state index contributed by atoms with van der Waals surface area (Å²) in [7, 11) is 0. The summed E-state index contributed by atoms with van der Waals surface area (Å²) in [6, 6.07) is 12.4. The molecule has 4 heteroatoms. The third-order valence-corrected chi connectivity index (χ3v) is 4.43. The number of rotatable bonds is 4. The third kappa shape index (κ3) is 3.48. The van der Waals surface area contributed by atoms with E-state index in [-0.39, 0.29) is 12.2 Å². The molecule has 1 N–H and O–H groups in total. The van der Waals surface area contributed by atoms with Crippen LogP contribution in [0.3, 0.4) is 0 Å². The maximum absolute atomic E-state index is 14.0. The van der Waals surface area contributed by atoms with Crippen molar-refractivity contribution in [2.45, 2.75) is 25.4 Å². The van der Waals surface area contributed by atoms with Crippen LogP contribution >= 0.6 is 31.9 Å². The summed E-state index contributed by atoms with van der Waals surface area (Å²) in [4.78, 5) is 0. The molecule has 0 fully saturated rings. The Morgan fingerprint density at radius 1 is 1.10 bits per heavy atom. The zero-order valence-corrected chi connectivity index (χ0v) is 14.2. The number of benzene rings is 2. The molecule has 2 rings (SSSR count). The van der Waals surface area contributed by atoms with Crippen molar-refractivity contribution in [3.05, 3.63) is 68.4 Å². The topological polar surface area (TPSA) is 20.2 Å². The summed E-state index contributed by atoms with van der Waals surface area (Å²) in [5.74, 6) is -0.304. The molecule has 0 amide bonds. The summed E-state index contributed by atoms with van der Waals surface area (Å²) in [6.45, 7) is 1.90. The van der Waals surface area contributed by atoms with Gasteiger partial charge >= 0.3 is 0 Å². The lowest BCUT2D eigenvalue weighted by molar-refractivity contribution is 0.0318. The van der Waals surface area contributed by atoms with Gasteiger partial charge in [0.05, 0.1) is 5.60 Å². The number of hydrogen-bond acceptors (Lipinski definition) is 1. The van der Waals surface area contributed by atoms with E-state index < -0.39 is 5.60 Å². The van der Waals surface area contributed by atoms with E-state index in [0.717, 1.165) is 10.0 Å². The normalized spacial score (nSPS) is 14.1. The van der Waals surface area contributed by atoms with E-state index >= 15 is 0 Å². The monoisotopic (exact) mass is 400 g/mol. The first-order chi connectivity index (χ1) is 9.44. The minimum Gasteiger partial charge on any atom is -0.385 e. The minimum absolute atomic E-state index is 0.249. The van der Waals surface area contributed by atoms with E-state index in [9.17, 15) is 9.50 Å². The van der Waals surface area contributed by atoms with Gasteiger partial charge in [0.25, 0.3) is 0 Å². The molecular formula is C16H15Br2FO. The molecule has 1 unspecified atom stereocenters. The fourth-order valence-electron chi connectivity index (χ4n) is 2.19. The largest absolute Gasteiger partial charge is 0.385 e. The molecule has 106 valence electrons. The highest BCUT2D eigenvalue weighted by Crippen LogP contribution is 2.32. The van der Waals surface area contributed by atoms with Gasteiger partial charge in [0.2, 0.25) is 0 Å². The average Bonchev–Trinajstić information content (AvgIpc) is 2.42. The van der Waals surface area contributed by atoms with Crippen molar-refractivity contribution in [1.82, 2.24) is 0 Å². The molecule has 0 spiro atoms. The van der Waals surface area contributed by atoms with E-state index in [4.69, 9.17) is 0 Å². The van der Waals surface area contributed by atoms with E-state index in [1.54, 1.807) is 12.1 Å². The van der Waals surface area contributed by atoms with Crippen LogP contribution in [0, 0.1) is 5.82 Å². The van der Waals surface area contributed by atoms with Gasteiger partial charge < -0.3 is 5.11 Å². The van der Waals surface area contributed by atoms with Crippen LogP contribution < -0.4 is 0 Å². The van der Waals surface area contributed by atoms with Gasteiger partial charge in [0.1, 0.15) is 5.82 Å². The fourth-order valence-corrected chi connectivity index (χ4v) is 2.92. The minimum atomic E-state index is -1.07. The highest BCUT2D eigenvalue weighted by atomic mass is 79.9. The zero-order valence-electron chi connectivity index (χ0n) is 11.0. The van der Waals surface area contributed by atoms with Crippen LogP contribution in [0.15, 0.2) is 51.4 Å². The molecule has 2 aromatic rings. The van der Waals surface area contributed by atoms with Crippen molar-refractivity contribution in [2.75, 3.05) is 0 Å². The Kier molecular flexibility index (Phi) is 4.99. The van der Waals surface area contributed by atoms with Gasteiger partial charge in [-0.2, -0.15) is 0 Å². The highest BCUT2D eigenvalue weighted by molar-refractivity contribution is 9.10. The standard InChI is InChI=1S/C16H15Br2FO/c1-2-16(20,12-4-3-5-13(17)8-12)10-11-6-7-14(18)9-15(11)19/h3-9,20H,2,10H2,1H3. The smallest absolute Gasteiger partial charge is 0.127 e. The third-order valence-electron chi connectivity index (χ3n) is 3.44. The van der Waals surface area contributed by atoms with Gasteiger partial charge in [0.15, 0.2) is 0 Å². The molecule has 20 heavy (non-hydrogen) atoms. The molecule has 0 aromatic heterocycles. The Morgan fingerprint density at radius 3 is 2.40 bits per heavy atom. The van der Waals surface area contributed by atoms with E-state index in [1.807, 2.05) is 31.2 Å². The molecule has 0 saturated carbocycles. The van der Waals surface area contributed by atoms with Crippen LogP contribution in [-0.2, 0) is 12.0 Å². The van der Waals surface area contributed by atoms with Crippen molar-refractivity contribution >= 4 is 31.9 Å². The molecule has 0 heterocycles.